The molecule has 0 aliphatic heterocycles. The molecule has 22 heavy (non-hydrogen) atoms. The SMILES string of the molecule is C[C@H](O)c1nc2ccccc2n1Cc1noc2c1CCCC2. The van der Waals surface area contributed by atoms with Crippen molar-refractivity contribution in [3.8, 4) is 0 Å². The minimum absolute atomic E-state index is 0.597. The molecule has 114 valence electrons. The molecule has 0 saturated heterocycles. The molecule has 2 aromatic heterocycles. The minimum atomic E-state index is -0.616. The van der Waals surface area contributed by atoms with E-state index in [0.717, 1.165) is 35.3 Å². The van der Waals surface area contributed by atoms with E-state index in [-0.39, 0.29) is 0 Å². The summed E-state index contributed by atoms with van der Waals surface area (Å²) in [5.41, 5.74) is 4.14. The number of aliphatic hydroxyl groups excluding tert-OH is 1. The Morgan fingerprint density at radius 2 is 2.09 bits per heavy atom. The Kier molecular flexibility index (Phi) is 3.22. The lowest BCUT2D eigenvalue weighted by Crippen LogP contribution is -2.10. The second kappa shape index (κ2) is 5.25. The Morgan fingerprint density at radius 3 is 2.95 bits per heavy atom. The van der Waals surface area contributed by atoms with Gasteiger partial charge in [0.15, 0.2) is 0 Å². The normalized spacial score (nSPS) is 15.9. The molecule has 0 bridgehead atoms. The molecule has 3 aromatic rings. The lowest BCUT2D eigenvalue weighted by atomic mass is 9.96. The molecule has 0 saturated carbocycles. The first kappa shape index (κ1) is 13.5. The molecule has 4 rings (SSSR count). The highest BCUT2D eigenvalue weighted by atomic mass is 16.5. The van der Waals surface area contributed by atoms with Crippen LogP contribution >= 0.6 is 0 Å². The predicted molar refractivity (Wildman–Crippen MR) is 82.6 cm³/mol. The Labute approximate surface area is 128 Å². The Balaban J connectivity index is 1.81. The zero-order chi connectivity index (χ0) is 15.1. The van der Waals surface area contributed by atoms with Crippen molar-refractivity contribution in [1.82, 2.24) is 14.7 Å². The van der Waals surface area contributed by atoms with Crippen molar-refractivity contribution in [1.29, 1.82) is 0 Å². The van der Waals surface area contributed by atoms with Gasteiger partial charge in [0.05, 0.1) is 17.6 Å². The van der Waals surface area contributed by atoms with Crippen LogP contribution in [0.5, 0.6) is 0 Å². The predicted octanol–water partition coefficient (Wildman–Crippen LogP) is 3.00. The van der Waals surface area contributed by atoms with Gasteiger partial charge in [0.2, 0.25) is 0 Å². The summed E-state index contributed by atoms with van der Waals surface area (Å²) in [7, 11) is 0. The molecule has 1 N–H and O–H groups in total. The average molecular weight is 297 g/mol. The van der Waals surface area contributed by atoms with Crippen molar-refractivity contribution in [2.24, 2.45) is 0 Å². The summed E-state index contributed by atoms with van der Waals surface area (Å²) >= 11 is 0. The van der Waals surface area contributed by atoms with Crippen molar-refractivity contribution >= 4 is 11.0 Å². The quantitative estimate of drug-likeness (QED) is 0.807. The fraction of sp³-hybridized carbons (Fsp3) is 0.412. The second-order valence-corrected chi connectivity index (χ2v) is 5.96. The molecule has 1 aromatic carbocycles. The molecule has 1 atom stereocenters. The summed E-state index contributed by atoms with van der Waals surface area (Å²) in [6.07, 6.45) is 3.76. The van der Waals surface area contributed by atoms with Crippen LogP contribution in [0.3, 0.4) is 0 Å². The molecule has 0 spiro atoms. The largest absolute Gasteiger partial charge is 0.385 e. The number of aromatic nitrogens is 3. The molecule has 0 amide bonds. The fourth-order valence-corrected chi connectivity index (χ4v) is 3.30. The molecular formula is C17H19N3O2. The molecule has 1 aliphatic carbocycles. The van der Waals surface area contributed by atoms with E-state index in [4.69, 9.17) is 4.52 Å². The van der Waals surface area contributed by atoms with E-state index in [2.05, 4.69) is 10.1 Å². The van der Waals surface area contributed by atoms with Crippen molar-refractivity contribution in [3.05, 3.63) is 47.1 Å². The Bertz CT molecular complexity index is 817. The van der Waals surface area contributed by atoms with Gasteiger partial charge in [-0.05, 0) is 38.3 Å². The van der Waals surface area contributed by atoms with Gasteiger partial charge in [-0.25, -0.2) is 4.98 Å². The fourth-order valence-electron chi connectivity index (χ4n) is 3.30. The van der Waals surface area contributed by atoms with E-state index in [1.807, 2.05) is 28.8 Å². The maximum atomic E-state index is 10.0. The number of benzene rings is 1. The second-order valence-electron chi connectivity index (χ2n) is 5.96. The summed E-state index contributed by atoms with van der Waals surface area (Å²) in [5.74, 6) is 1.71. The number of aliphatic hydroxyl groups is 1. The summed E-state index contributed by atoms with van der Waals surface area (Å²) in [6.45, 7) is 2.34. The van der Waals surface area contributed by atoms with Crippen molar-refractivity contribution in [3.63, 3.8) is 0 Å². The molecule has 1 aliphatic rings. The maximum absolute atomic E-state index is 10.0. The summed E-state index contributed by atoms with van der Waals surface area (Å²) in [6, 6.07) is 7.95. The lowest BCUT2D eigenvalue weighted by Gasteiger charge is -2.12. The van der Waals surface area contributed by atoms with E-state index in [9.17, 15) is 5.11 Å². The average Bonchev–Trinajstić information content (AvgIpc) is 3.10. The Hall–Kier alpha value is -2.14. The highest BCUT2D eigenvalue weighted by molar-refractivity contribution is 5.76. The zero-order valence-electron chi connectivity index (χ0n) is 12.6. The first-order chi connectivity index (χ1) is 10.7. The lowest BCUT2D eigenvalue weighted by molar-refractivity contribution is 0.185. The molecular weight excluding hydrogens is 278 g/mol. The van der Waals surface area contributed by atoms with E-state index < -0.39 is 6.10 Å². The number of hydrogen-bond donors (Lipinski definition) is 1. The van der Waals surface area contributed by atoms with Crippen LogP contribution in [-0.2, 0) is 19.4 Å². The van der Waals surface area contributed by atoms with Gasteiger partial charge in [0.25, 0.3) is 0 Å². The summed E-state index contributed by atoms with van der Waals surface area (Å²) in [5, 5.41) is 14.3. The summed E-state index contributed by atoms with van der Waals surface area (Å²) < 4.78 is 7.55. The van der Waals surface area contributed by atoms with E-state index in [1.54, 1.807) is 6.92 Å². The van der Waals surface area contributed by atoms with Crippen LogP contribution in [0.4, 0.5) is 0 Å². The first-order valence-corrected chi connectivity index (χ1v) is 7.83. The van der Waals surface area contributed by atoms with Gasteiger partial charge < -0.3 is 14.2 Å². The molecule has 5 heteroatoms. The monoisotopic (exact) mass is 297 g/mol. The van der Waals surface area contributed by atoms with Crippen LogP contribution in [0.1, 0.15) is 48.7 Å². The number of fused-ring (bicyclic) bond motifs is 2. The number of rotatable bonds is 3. The number of nitrogens with zero attached hydrogens (tertiary/aromatic N) is 3. The third-order valence-electron chi connectivity index (χ3n) is 4.40. The van der Waals surface area contributed by atoms with Crippen LogP contribution in [0.2, 0.25) is 0 Å². The third kappa shape index (κ3) is 2.13. The van der Waals surface area contributed by atoms with Crippen LogP contribution < -0.4 is 0 Å². The van der Waals surface area contributed by atoms with Gasteiger partial charge in [0, 0.05) is 12.0 Å². The first-order valence-electron chi connectivity index (χ1n) is 7.83. The van der Waals surface area contributed by atoms with Crippen LogP contribution in [-0.4, -0.2) is 19.8 Å². The van der Waals surface area contributed by atoms with Crippen molar-refractivity contribution < 1.29 is 9.63 Å². The van der Waals surface area contributed by atoms with Crippen LogP contribution in [0.15, 0.2) is 28.8 Å². The van der Waals surface area contributed by atoms with Gasteiger partial charge in [-0.3, -0.25) is 0 Å². The standard InChI is InChI=1S/C17H19N3O2/c1-11(21)17-18-13-7-3-4-8-15(13)20(17)10-14-12-6-2-5-9-16(12)22-19-14/h3-4,7-8,11,21H,2,5-6,9-10H2,1H3/t11-/m0/s1. The van der Waals surface area contributed by atoms with Gasteiger partial charge in [-0.2, -0.15) is 0 Å². The molecule has 0 fully saturated rings. The van der Waals surface area contributed by atoms with Gasteiger partial charge in [-0.1, -0.05) is 17.3 Å². The molecule has 0 unspecified atom stereocenters. The third-order valence-corrected chi connectivity index (χ3v) is 4.40. The number of imidazole rings is 1. The number of para-hydroxylation sites is 2. The number of aryl methyl sites for hydroxylation is 1. The molecule has 2 heterocycles. The van der Waals surface area contributed by atoms with Gasteiger partial charge in [0.1, 0.15) is 23.4 Å². The smallest absolute Gasteiger partial charge is 0.140 e. The highest BCUT2D eigenvalue weighted by Gasteiger charge is 2.22. The van der Waals surface area contributed by atoms with E-state index >= 15 is 0 Å². The minimum Gasteiger partial charge on any atom is -0.385 e. The van der Waals surface area contributed by atoms with Gasteiger partial charge in [-0.15, -0.1) is 0 Å². The van der Waals surface area contributed by atoms with Crippen molar-refractivity contribution in [2.75, 3.05) is 0 Å². The maximum Gasteiger partial charge on any atom is 0.140 e. The van der Waals surface area contributed by atoms with Crippen LogP contribution in [0, 0.1) is 0 Å². The number of hydrogen-bond acceptors (Lipinski definition) is 4. The highest BCUT2D eigenvalue weighted by Crippen LogP contribution is 2.27. The topological polar surface area (TPSA) is 64.1 Å². The summed E-state index contributed by atoms with van der Waals surface area (Å²) in [4.78, 5) is 4.56. The molecule has 0 radical (unpaired) electrons. The van der Waals surface area contributed by atoms with E-state index in [0.29, 0.717) is 12.4 Å². The zero-order valence-corrected chi connectivity index (χ0v) is 12.6. The van der Waals surface area contributed by atoms with E-state index in [1.165, 1.54) is 18.4 Å². The molecule has 5 nitrogen and oxygen atoms in total. The van der Waals surface area contributed by atoms with Gasteiger partial charge >= 0.3 is 0 Å². The Morgan fingerprint density at radius 1 is 1.27 bits per heavy atom. The van der Waals surface area contributed by atoms with Crippen LogP contribution in [0.25, 0.3) is 11.0 Å². The van der Waals surface area contributed by atoms with Crippen molar-refractivity contribution in [2.45, 2.75) is 45.3 Å².